The number of carbonyl (C=O) groups excluding carboxylic acids is 3. The number of carboxylic acids is 2. The molecule has 148 valence electrons. The fourth-order valence-corrected chi connectivity index (χ4v) is 1.96. The Labute approximate surface area is 150 Å². The van der Waals surface area contributed by atoms with Crippen LogP contribution in [-0.4, -0.2) is 65.0 Å². The summed E-state index contributed by atoms with van der Waals surface area (Å²) in [6, 6.07) is -2.03. The summed E-state index contributed by atoms with van der Waals surface area (Å²) < 4.78 is 0. The van der Waals surface area contributed by atoms with Gasteiger partial charge in [-0.3, -0.25) is 24.0 Å². The van der Waals surface area contributed by atoms with Crippen LogP contribution in [0.4, 0.5) is 0 Å². The van der Waals surface area contributed by atoms with E-state index in [9.17, 15) is 24.0 Å². The van der Waals surface area contributed by atoms with Gasteiger partial charge in [-0.1, -0.05) is 13.8 Å². The Kier molecular flexibility index (Phi) is 10.6. The zero-order valence-corrected chi connectivity index (χ0v) is 14.8. The molecular weight excluding hydrogens is 348 g/mol. The van der Waals surface area contributed by atoms with Crippen LogP contribution in [0, 0.1) is 5.92 Å². The highest BCUT2D eigenvalue weighted by Crippen LogP contribution is 2.04. The van der Waals surface area contributed by atoms with E-state index in [4.69, 9.17) is 15.9 Å². The molecule has 0 aromatic rings. The molecule has 0 aliphatic carbocycles. The third-order valence-electron chi connectivity index (χ3n) is 3.20. The van der Waals surface area contributed by atoms with Crippen LogP contribution in [0.5, 0.6) is 0 Å². The number of carboxylic acid groups (broad SMARTS) is 2. The normalized spacial score (nSPS) is 12.8. The van der Waals surface area contributed by atoms with Crippen molar-refractivity contribution >= 4 is 29.7 Å². The first kappa shape index (κ1) is 23.3. The molecule has 0 aromatic carbocycles. The van der Waals surface area contributed by atoms with Crippen molar-refractivity contribution < 1.29 is 34.2 Å². The summed E-state index contributed by atoms with van der Waals surface area (Å²) in [5, 5.41) is 23.9. The molecule has 0 aliphatic heterocycles. The third-order valence-corrected chi connectivity index (χ3v) is 3.20. The largest absolute Gasteiger partial charge is 0.481 e. The van der Waals surface area contributed by atoms with E-state index in [1.807, 2.05) is 13.8 Å². The predicted octanol–water partition coefficient (Wildman–Crippen LogP) is -1.97. The number of hydrogen-bond donors (Lipinski definition) is 6. The number of amides is 3. The van der Waals surface area contributed by atoms with Crippen LogP contribution in [0.3, 0.4) is 0 Å². The van der Waals surface area contributed by atoms with E-state index in [1.54, 1.807) is 0 Å². The van der Waals surface area contributed by atoms with Gasteiger partial charge in [0.2, 0.25) is 17.7 Å². The molecule has 2 unspecified atom stereocenters. The second-order valence-corrected chi connectivity index (χ2v) is 6.12. The Balaban J connectivity index is 4.71. The number of carbonyl (C=O) groups is 5. The van der Waals surface area contributed by atoms with Crippen molar-refractivity contribution in [1.29, 1.82) is 0 Å². The molecule has 26 heavy (non-hydrogen) atoms. The van der Waals surface area contributed by atoms with Gasteiger partial charge in [-0.2, -0.15) is 0 Å². The first-order valence-corrected chi connectivity index (χ1v) is 8.06. The lowest BCUT2D eigenvalue weighted by atomic mass is 10.0. The first-order valence-electron chi connectivity index (χ1n) is 8.06. The SMILES string of the molecule is CC(C)CC(N)C(=O)NC(CCC(=O)O)C(=O)NCC(=O)NCC(=O)O. The number of aliphatic carboxylic acids is 2. The van der Waals surface area contributed by atoms with Crippen LogP contribution in [0.1, 0.15) is 33.1 Å². The van der Waals surface area contributed by atoms with E-state index in [1.165, 1.54) is 0 Å². The van der Waals surface area contributed by atoms with Crippen LogP contribution < -0.4 is 21.7 Å². The molecule has 0 aliphatic rings. The lowest BCUT2D eigenvalue weighted by molar-refractivity contribution is -0.138. The summed E-state index contributed by atoms with van der Waals surface area (Å²) in [7, 11) is 0. The first-order chi connectivity index (χ1) is 12.0. The average molecular weight is 374 g/mol. The average Bonchev–Trinajstić information content (AvgIpc) is 2.53. The highest BCUT2D eigenvalue weighted by molar-refractivity contribution is 5.92. The van der Waals surface area contributed by atoms with E-state index in [0.717, 1.165) is 0 Å². The monoisotopic (exact) mass is 374 g/mol. The molecule has 2 atom stereocenters. The van der Waals surface area contributed by atoms with Crippen molar-refractivity contribution in [3.05, 3.63) is 0 Å². The van der Waals surface area contributed by atoms with Gasteiger partial charge in [0.05, 0.1) is 12.6 Å². The molecule has 11 heteroatoms. The number of nitrogens with two attached hydrogens (primary N) is 1. The van der Waals surface area contributed by atoms with Crippen LogP contribution in [-0.2, 0) is 24.0 Å². The van der Waals surface area contributed by atoms with Gasteiger partial charge in [-0.15, -0.1) is 0 Å². The summed E-state index contributed by atoms with van der Waals surface area (Å²) in [5.74, 6) is -4.33. The molecule has 0 heterocycles. The molecule has 0 spiro atoms. The second-order valence-electron chi connectivity index (χ2n) is 6.12. The van der Waals surface area contributed by atoms with Gasteiger partial charge in [-0.25, -0.2) is 0 Å². The highest BCUT2D eigenvalue weighted by Gasteiger charge is 2.25. The van der Waals surface area contributed by atoms with E-state index in [-0.39, 0.29) is 18.8 Å². The summed E-state index contributed by atoms with van der Waals surface area (Å²) in [6.07, 6.45) is -0.169. The van der Waals surface area contributed by atoms with Gasteiger partial charge >= 0.3 is 11.9 Å². The van der Waals surface area contributed by atoms with Gasteiger partial charge in [-0.05, 0) is 18.8 Å². The summed E-state index contributed by atoms with van der Waals surface area (Å²) in [4.78, 5) is 56.6. The fraction of sp³-hybridized carbons (Fsp3) is 0.667. The summed E-state index contributed by atoms with van der Waals surface area (Å²) >= 11 is 0. The molecule has 7 N–H and O–H groups in total. The summed E-state index contributed by atoms with van der Waals surface area (Å²) in [5.41, 5.74) is 5.73. The Morgan fingerprint density at radius 1 is 0.923 bits per heavy atom. The van der Waals surface area contributed by atoms with Crippen molar-refractivity contribution in [2.75, 3.05) is 13.1 Å². The number of hydrogen-bond acceptors (Lipinski definition) is 6. The van der Waals surface area contributed by atoms with E-state index < -0.39 is 54.8 Å². The third kappa shape index (κ3) is 11.0. The summed E-state index contributed by atoms with van der Waals surface area (Å²) in [6.45, 7) is 2.64. The van der Waals surface area contributed by atoms with Crippen LogP contribution >= 0.6 is 0 Å². The Morgan fingerprint density at radius 3 is 2.04 bits per heavy atom. The van der Waals surface area contributed by atoms with Crippen molar-refractivity contribution in [3.63, 3.8) is 0 Å². The van der Waals surface area contributed by atoms with Crippen LogP contribution in [0.15, 0.2) is 0 Å². The molecule has 0 aromatic heterocycles. The predicted molar refractivity (Wildman–Crippen MR) is 89.9 cm³/mol. The Morgan fingerprint density at radius 2 is 1.54 bits per heavy atom. The van der Waals surface area contributed by atoms with Crippen molar-refractivity contribution in [3.8, 4) is 0 Å². The molecule has 0 saturated carbocycles. The smallest absolute Gasteiger partial charge is 0.322 e. The molecule has 0 radical (unpaired) electrons. The van der Waals surface area contributed by atoms with Crippen molar-refractivity contribution in [2.45, 2.75) is 45.2 Å². The van der Waals surface area contributed by atoms with Crippen LogP contribution in [0.2, 0.25) is 0 Å². The van der Waals surface area contributed by atoms with Crippen LogP contribution in [0.25, 0.3) is 0 Å². The minimum atomic E-state index is -1.24. The van der Waals surface area contributed by atoms with E-state index in [2.05, 4.69) is 16.0 Å². The maximum absolute atomic E-state index is 12.1. The Hall–Kier alpha value is -2.69. The van der Waals surface area contributed by atoms with E-state index in [0.29, 0.717) is 6.42 Å². The molecule has 0 saturated heterocycles. The highest BCUT2D eigenvalue weighted by atomic mass is 16.4. The second kappa shape index (κ2) is 11.8. The van der Waals surface area contributed by atoms with Crippen molar-refractivity contribution in [2.24, 2.45) is 11.7 Å². The maximum Gasteiger partial charge on any atom is 0.322 e. The van der Waals surface area contributed by atoms with Gasteiger partial charge in [0.25, 0.3) is 0 Å². The minimum Gasteiger partial charge on any atom is -0.481 e. The van der Waals surface area contributed by atoms with Crippen molar-refractivity contribution in [1.82, 2.24) is 16.0 Å². The molecule has 3 amide bonds. The number of nitrogens with one attached hydrogen (secondary N) is 3. The molecule has 11 nitrogen and oxygen atoms in total. The quantitative estimate of drug-likeness (QED) is 0.227. The number of rotatable bonds is 12. The van der Waals surface area contributed by atoms with Gasteiger partial charge in [0.15, 0.2) is 0 Å². The molecule has 0 bridgehead atoms. The van der Waals surface area contributed by atoms with E-state index >= 15 is 0 Å². The lowest BCUT2D eigenvalue weighted by Gasteiger charge is -2.21. The zero-order chi connectivity index (χ0) is 20.3. The maximum atomic E-state index is 12.1. The minimum absolute atomic E-state index is 0.153. The van der Waals surface area contributed by atoms with Gasteiger partial charge < -0.3 is 31.9 Å². The zero-order valence-electron chi connectivity index (χ0n) is 14.8. The van der Waals surface area contributed by atoms with Gasteiger partial charge in [0.1, 0.15) is 12.6 Å². The van der Waals surface area contributed by atoms with Gasteiger partial charge in [0, 0.05) is 6.42 Å². The topological polar surface area (TPSA) is 188 Å². The Bertz CT molecular complexity index is 536. The standard InChI is InChI=1S/C15H26N4O7/c1-8(2)5-9(16)14(25)19-10(3-4-12(21)22)15(26)18-6-11(20)17-7-13(23)24/h8-10H,3-7,16H2,1-2H3,(H,17,20)(H,18,26)(H,19,25)(H,21,22)(H,23,24). The lowest BCUT2D eigenvalue weighted by Crippen LogP contribution is -2.53. The molecule has 0 rings (SSSR count). The molecule has 0 fully saturated rings. The fourth-order valence-electron chi connectivity index (χ4n) is 1.96. The molecular formula is C15H26N4O7.